The fraction of sp³-hybridized carbons (Fsp3) is 0.625. The Labute approximate surface area is 380 Å². The molecule has 1 atom stereocenters. The largest absolute Gasteiger partial charge is 0.462 e. The van der Waals surface area contributed by atoms with Crippen molar-refractivity contribution in [2.75, 3.05) is 13.2 Å². The van der Waals surface area contributed by atoms with Gasteiger partial charge in [0, 0.05) is 19.3 Å². The maximum absolute atomic E-state index is 12.8. The molecular formula is C56H90O6. The molecule has 0 amide bonds. The van der Waals surface area contributed by atoms with E-state index in [0.29, 0.717) is 12.8 Å². The van der Waals surface area contributed by atoms with Crippen molar-refractivity contribution < 1.29 is 28.6 Å². The molecular weight excluding hydrogens is 769 g/mol. The molecule has 0 fully saturated rings. The minimum Gasteiger partial charge on any atom is -0.462 e. The van der Waals surface area contributed by atoms with Crippen molar-refractivity contribution in [2.24, 2.45) is 0 Å². The number of allylic oxidation sites excluding steroid dienone is 18. The highest BCUT2D eigenvalue weighted by atomic mass is 16.6. The molecule has 0 spiro atoms. The van der Waals surface area contributed by atoms with Crippen LogP contribution in [0.4, 0.5) is 0 Å². The number of unbranched alkanes of at least 4 members (excludes halogenated alkanes) is 14. The highest BCUT2D eigenvalue weighted by molar-refractivity contribution is 5.71. The van der Waals surface area contributed by atoms with Gasteiger partial charge in [0.15, 0.2) is 6.10 Å². The first-order valence-electron chi connectivity index (χ1n) is 24.9. The summed E-state index contributed by atoms with van der Waals surface area (Å²) in [5.41, 5.74) is 0. The van der Waals surface area contributed by atoms with Gasteiger partial charge < -0.3 is 14.2 Å². The van der Waals surface area contributed by atoms with Crippen LogP contribution in [0.3, 0.4) is 0 Å². The minimum atomic E-state index is -0.811. The second kappa shape index (κ2) is 49.7. The molecule has 0 bridgehead atoms. The first-order valence-corrected chi connectivity index (χ1v) is 24.9. The molecule has 0 rings (SSSR count). The molecule has 1 unspecified atom stereocenters. The highest BCUT2D eigenvalue weighted by Crippen LogP contribution is 2.12. The van der Waals surface area contributed by atoms with Gasteiger partial charge in [-0.1, -0.05) is 175 Å². The molecule has 0 heterocycles. The van der Waals surface area contributed by atoms with Crippen molar-refractivity contribution in [3.63, 3.8) is 0 Å². The smallest absolute Gasteiger partial charge is 0.306 e. The Morgan fingerprint density at radius 1 is 0.339 bits per heavy atom. The number of carbonyl (C=O) groups is 3. The first kappa shape index (κ1) is 58.1. The second-order valence-corrected chi connectivity index (χ2v) is 16.0. The van der Waals surface area contributed by atoms with Crippen molar-refractivity contribution in [3.05, 3.63) is 109 Å². The van der Waals surface area contributed by atoms with Gasteiger partial charge >= 0.3 is 17.9 Å². The third-order valence-electron chi connectivity index (χ3n) is 9.99. The number of hydrogen-bond acceptors (Lipinski definition) is 6. The number of ether oxygens (including phenoxy) is 3. The lowest BCUT2D eigenvalue weighted by Crippen LogP contribution is -2.30. The summed E-state index contributed by atoms with van der Waals surface area (Å²) in [4.78, 5) is 37.9. The zero-order chi connectivity index (χ0) is 45.1. The average molecular weight is 859 g/mol. The lowest BCUT2D eigenvalue weighted by atomic mass is 10.1. The van der Waals surface area contributed by atoms with E-state index in [0.717, 1.165) is 135 Å². The second-order valence-electron chi connectivity index (χ2n) is 16.0. The van der Waals surface area contributed by atoms with Crippen LogP contribution in [0.2, 0.25) is 0 Å². The predicted octanol–water partition coefficient (Wildman–Crippen LogP) is 16.4. The number of esters is 3. The third-order valence-corrected chi connectivity index (χ3v) is 9.99. The molecule has 0 aromatic carbocycles. The molecule has 0 N–H and O–H groups in total. The number of rotatable bonds is 43. The van der Waals surface area contributed by atoms with Gasteiger partial charge in [-0.05, 0) is 122 Å². The maximum atomic E-state index is 12.8. The van der Waals surface area contributed by atoms with E-state index in [1.165, 1.54) is 32.1 Å². The van der Waals surface area contributed by atoms with Crippen LogP contribution in [-0.2, 0) is 28.6 Å². The summed E-state index contributed by atoms with van der Waals surface area (Å²) >= 11 is 0. The Balaban J connectivity index is 4.49. The summed E-state index contributed by atoms with van der Waals surface area (Å²) in [6.07, 6.45) is 66.4. The van der Waals surface area contributed by atoms with Gasteiger partial charge in [-0.15, -0.1) is 0 Å². The van der Waals surface area contributed by atoms with Crippen LogP contribution in [-0.4, -0.2) is 37.2 Å². The molecule has 0 aliphatic rings. The Kier molecular flexibility index (Phi) is 46.6. The summed E-state index contributed by atoms with van der Waals surface area (Å²) in [6, 6.07) is 0. The van der Waals surface area contributed by atoms with E-state index in [1.54, 1.807) is 0 Å². The van der Waals surface area contributed by atoms with Crippen molar-refractivity contribution in [1.82, 2.24) is 0 Å². The van der Waals surface area contributed by atoms with Crippen molar-refractivity contribution >= 4 is 17.9 Å². The van der Waals surface area contributed by atoms with Crippen LogP contribution in [0.15, 0.2) is 109 Å². The van der Waals surface area contributed by atoms with E-state index < -0.39 is 6.10 Å². The van der Waals surface area contributed by atoms with Crippen LogP contribution in [0.1, 0.15) is 207 Å². The van der Waals surface area contributed by atoms with Gasteiger partial charge in [0.25, 0.3) is 0 Å². The lowest BCUT2D eigenvalue weighted by Gasteiger charge is -2.18. The first-order chi connectivity index (χ1) is 30.5. The average Bonchev–Trinajstić information content (AvgIpc) is 3.27. The Morgan fingerprint density at radius 3 is 1.02 bits per heavy atom. The van der Waals surface area contributed by atoms with E-state index in [2.05, 4.69) is 130 Å². The molecule has 6 heteroatoms. The zero-order valence-electron chi connectivity index (χ0n) is 39.8. The molecule has 0 saturated heterocycles. The Hall–Kier alpha value is -3.93. The molecule has 0 saturated carbocycles. The topological polar surface area (TPSA) is 78.9 Å². The van der Waals surface area contributed by atoms with Gasteiger partial charge in [0.05, 0.1) is 0 Å². The number of carbonyl (C=O) groups excluding carboxylic acids is 3. The third kappa shape index (κ3) is 47.1. The van der Waals surface area contributed by atoms with E-state index in [-0.39, 0.29) is 37.5 Å². The van der Waals surface area contributed by atoms with Crippen LogP contribution >= 0.6 is 0 Å². The molecule has 0 radical (unpaired) electrons. The molecule has 6 nitrogen and oxygen atoms in total. The van der Waals surface area contributed by atoms with E-state index in [9.17, 15) is 14.4 Å². The van der Waals surface area contributed by atoms with Crippen LogP contribution in [0, 0.1) is 0 Å². The standard InChI is InChI=1S/C56H90O6/c1-4-7-10-13-16-19-22-25-26-27-28-29-30-32-34-37-40-43-46-49-55(58)61-52-53(51-60-54(57)48-45-42-39-36-33-24-21-18-15-12-9-6-3)62-56(59)50-47-44-41-38-35-31-23-20-17-14-11-8-5-2/h7-8,10-11,16-21,25-26,28-29,31-32,34-35,53H,4-6,9,12-15,22-24,27,30,33,36-52H2,1-3H3/b10-7-,11-8-,19-16-,20-17-,21-18-,26-25-,29-28-,34-32-,35-31-. The molecule has 0 aliphatic heterocycles. The Bertz CT molecular complexity index is 1310. The van der Waals surface area contributed by atoms with Gasteiger partial charge in [0.2, 0.25) is 0 Å². The summed E-state index contributed by atoms with van der Waals surface area (Å²) in [5, 5.41) is 0. The van der Waals surface area contributed by atoms with Crippen LogP contribution in [0.25, 0.3) is 0 Å². The number of hydrogen-bond donors (Lipinski definition) is 0. The van der Waals surface area contributed by atoms with Crippen molar-refractivity contribution in [1.29, 1.82) is 0 Å². The SMILES string of the molecule is CC/C=C\C/C=C\C/C=C\C/C=C\C/C=C\CCCCCC(=O)OCC(COC(=O)CCCCCCC/C=C\CCCCC)OC(=O)CCCCC/C=C\C/C=C\C/C=C\CC. The van der Waals surface area contributed by atoms with Gasteiger partial charge in [-0.25, -0.2) is 0 Å². The summed E-state index contributed by atoms with van der Waals surface area (Å²) in [7, 11) is 0. The fourth-order valence-corrected chi connectivity index (χ4v) is 6.30. The summed E-state index contributed by atoms with van der Waals surface area (Å²) in [6.45, 7) is 6.30. The fourth-order valence-electron chi connectivity index (χ4n) is 6.30. The van der Waals surface area contributed by atoms with Gasteiger partial charge in [0.1, 0.15) is 13.2 Å². The maximum Gasteiger partial charge on any atom is 0.306 e. The van der Waals surface area contributed by atoms with Crippen LogP contribution < -0.4 is 0 Å². The van der Waals surface area contributed by atoms with Gasteiger partial charge in [-0.3, -0.25) is 14.4 Å². The van der Waals surface area contributed by atoms with E-state index >= 15 is 0 Å². The monoisotopic (exact) mass is 859 g/mol. The van der Waals surface area contributed by atoms with Crippen LogP contribution in [0.5, 0.6) is 0 Å². The zero-order valence-corrected chi connectivity index (χ0v) is 39.8. The highest BCUT2D eigenvalue weighted by Gasteiger charge is 2.19. The normalized spacial score (nSPS) is 13.0. The Morgan fingerprint density at radius 2 is 0.629 bits per heavy atom. The molecule has 0 aliphatic carbocycles. The van der Waals surface area contributed by atoms with E-state index in [4.69, 9.17) is 14.2 Å². The predicted molar refractivity (Wildman–Crippen MR) is 265 cm³/mol. The van der Waals surface area contributed by atoms with Crippen molar-refractivity contribution in [3.8, 4) is 0 Å². The minimum absolute atomic E-state index is 0.107. The molecule has 350 valence electrons. The summed E-state index contributed by atoms with van der Waals surface area (Å²) < 4.78 is 16.7. The van der Waals surface area contributed by atoms with Crippen molar-refractivity contribution in [2.45, 2.75) is 213 Å². The molecule has 62 heavy (non-hydrogen) atoms. The molecule has 0 aromatic rings. The van der Waals surface area contributed by atoms with Gasteiger partial charge in [-0.2, -0.15) is 0 Å². The lowest BCUT2D eigenvalue weighted by molar-refractivity contribution is -0.167. The quantitative estimate of drug-likeness (QED) is 0.0263. The van der Waals surface area contributed by atoms with E-state index in [1.807, 2.05) is 0 Å². The summed E-state index contributed by atoms with van der Waals surface area (Å²) in [5.74, 6) is -0.987. The molecule has 0 aromatic heterocycles.